The van der Waals surface area contributed by atoms with E-state index in [0.29, 0.717) is 61.3 Å². The van der Waals surface area contributed by atoms with Crippen LogP contribution in [0.3, 0.4) is 0 Å². The highest BCUT2D eigenvalue weighted by Crippen LogP contribution is 2.55. The fourth-order valence-corrected chi connectivity index (χ4v) is 9.96. The van der Waals surface area contributed by atoms with Crippen LogP contribution in [0.1, 0.15) is 88.3 Å². The molecule has 8 rings (SSSR count). The first-order valence-corrected chi connectivity index (χ1v) is 19.9. The van der Waals surface area contributed by atoms with Crippen molar-refractivity contribution in [2.24, 2.45) is 10.8 Å². The number of rotatable bonds is 8. The zero-order valence-corrected chi connectivity index (χ0v) is 33.8. The Morgan fingerprint density at radius 1 is 0.932 bits per heavy atom. The van der Waals surface area contributed by atoms with Gasteiger partial charge < -0.3 is 19.9 Å². The summed E-state index contributed by atoms with van der Waals surface area (Å²) in [6, 6.07) is 13.4. The normalized spacial score (nSPS) is 23.3. The largest absolute Gasteiger partial charge is 0.489 e. The minimum Gasteiger partial charge on any atom is -0.489 e. The van der Waals surface area contributed by atoms with Crippen LogP contribution in [0.4, 0.5) is 10.1 Å². The Morgan fingerprint density at radius 3 is 2.15 bits per heavy atom. The number of ether oxygens (including phenoxy) is 1. The van der Waals surface area contributed by atoms with Crippen molar-refractivity contribution >= 4 is 52.7 Å². The van der Waals surface area contributed by atoms with Crippen LogP contribution >= 0.6 is 11.6 Å². The summed E-state index contributed by atoms with van der Waals surface area (Å²) in [4.78, 5) is 84.1. The lowest BCUT2D eigenvalue weighted by atomic mass is 9.49. The second kappa shape index (κ2) is 14.8. The summed E-state index contributed by atoms with van der Waals surface area (Å²) in [6.07, 6.45) is -0.184. The van der Waals surface area contributed by atoms with E-state index in [0.717, 1.165) is 16.0 Å². The number of fused-ring (bicyclic) bond motifs is 2. The predicted octanol–water partition coefficient (Wildman–Crippen LogP) is 4.03. The second-order valence-electron chi connectivity index (χ2n) is 17.1. The van der Waals surface area contributed by atoms with Crippen LogP contribution < -0.4 is 20.3 Å². The molecule has 0 radical (unpaired) electrons. The Morgan fingerprint density at radius 2 is 1.58 bits per heavy atom. The molecule has 0 bridgehead atoms. The lowest BCUT2D eigenvalue weighted by Gasteiger charge is -2.63. The number of nitrogens with zero attached hydrogens (tertiary/aromatic N) is 5. The van der Waals surface area contributed by atoms with Crippen LogP contribution in [0, 0.1) is 28.0 Å². The van der Waals surface area contributed by atoms with E-state index in [9.17, 15) is 34.0 Å². The summed E-state index contributed by atoms with van der Waals surface area (Å²) in [7, 11) is 0. The van der Waals surface area contributed by atoms with Crippen molar-refractivity contribution in [3.8, 4) is 11.8 Å². The molecule has 4 aliphatic heterocycles. The Hall–Kier alpha value is -5.85. The Bertz CT molecular complexity index is 2330. The summed E-state index contributed by atoms with van der Waals surface area (Å²) in [6.45, 7) is 10.6. The number of carbonyl (C=O) groups is 6. The van der Waals surface area contributed by atoms with E-state index in [2.05, 4.69) is 10.6 Å². The molecule has 3 aromatic rings. The Labute approximate surface area is 345 Å². The third-order valence-electron chi connectivity index (χ3n) is 12.5. The number of hydrogen-bond acceptors (Lipinski definition) is 10. The van der Waals surface area contributed by atoms with Crippen molar-refractivity contribution in [3.05, 3.63) is 92.8 Å². The van der Waals surface area contributed by atoms with Crippen LogP contribution in [0.15, 0.2) is 48.5 Å². The van der Waals surface area contributed by atoms with Crippen LogP contribution in [-0.4, -0.2) is 101 Å². The van der Waals surface area contributed by atoms with Gasteiger partial charge in [-0.05, 0) is 60.0 Å². The van der Waals surface area contributed by atoms with Crippen LogP contribution in [0.5, 0.6) is 5.75 Å². The number of benzene rings is 3. The number of nitriles is 1. The summed E-state index contributed by atoms with van der Waals surface area (Å²) >= 11 is 6.22. The highest BCUT2D eigenvalue weighted by molar-refractivity contribution is 6.31. The van der Waals surface area contributed by atoms with Crippen LogP contribution in [-0.2, 0) is 27.5 Å². The van der Waals surface area contributed by atoms with E-state index in [1.54, 1.807) is 41.3 Å². The first-order valence-electron chi connectivity index (χ1n) is 19.6. The average molecular weight is 824 g/mol. The van der Waals surface area contributed by atoms with Gasteiger partial charge in [0.1, 0.15) is 29.8 Å². The SMILES string of the molecule is CC1(C)C(NC(=O)c2ccc(N3CCN(C(=O)CN4Cc5cc6c(cc5C4)C(=O)N(C4CCC(=O)NC4=O)C6=O)CC3)cc2F)C(C)(C)C1Oc1ccc(C#N)c(Cl)c1. The molecule has 1 saturated carbocycles. The monoisotopic (exact) mass is 823 g/mol. The van der Waals surface area contributed by atoms with Crippen molar-refractivity contribution in [3.63, 3.8) is 0 Å². The lowest BCUT2D eigenvalue weighted by Crippen LogP contribution is -2.74. The van der Waals surface area contributed by atoms with Crippen molar-refractivity contribution in [2.75, 3.05) is 37.6 Å². The third-order valence-corrected chi connectivity index (χ3v) is 12.8. The van der Waals surface area contributed by atoms with Crippen molar-refractivity contribution in [1.29, 1.82) is 5.26 Å². The highest BCUT2D eigenvalue weighted by Gasteiger charge is 2.64. The van der Waals surface area contributed by atoms with Crippen molar-refractivity contribution in [1.82, 2.24) is 25.3 Å². The molecule has 6 amide bonds. The number of anilines is 1. The molecule has 16 heteroatoms. The average Bonchev–Trinajstić information content (AvgIpc) is 3.70. The van der Waals surface area contributed by atoms with Crippen LogP contribution in [0.2, 0.25) is 5.02 Å². The summed E-state index contributed by atoms with van der Waals surface area (Å²) in [5.74, 6) is -2.97. The fourth-order valence-electron chi connectivity index (χ4n) is 9.75. The number of piperazine rings is 1. The molecule has 1 unspecified atom stereocenters. The molecule has 1 atom stereocenters. The summed E-state index contributed by atoms with van der Waals surface area (Å²) in [5, 5.41) is 14.7. The zero-order valence-electron chi connectivity index (χ0n) is 33.1. The van der Waals surface area contributed by atoms with E-state index in [4.69, 9.17) is 16.3 Å². The number of halogens is 2. The molecular formula is C43H43ClFN7O7. The van der Waals surface area contributed by atoms with Gasteiger partial charge >= 0.3 is 0 Å². The van der Waals surface area contributed by atoms with Gasteiger partial charge in [-0.25, -0.2) is 4.39 Å². The maximum absolute atomic E-state index is 15.6. The number of hydrogen-bond donors (Lipinski definition) is 2. The number of amides is 6. The first kappa shape index (κ1) is 40.0. The summed E-state index contributed by atoms with van der Waals surface area (Å²) < 4.78 is 21.9. The van der Waals surface area contributed by atoms with E-state index < -0.39 is 52.2 Å². The number of carbonyl (C=O) groups excluding carboxylic acids is 6. The van der Waals surface area contributed by atoms with E-state index in [1.165, 1.54) is 12.1 Å². The van der Waals surface area contributed by atoms with Gasteiger partial charge in [-0.15, -0.1) is 0 Å². The fraction of sp³-hybridized carbons (Fsp3) is 0.419. The molecule has 4 heterocycles. The molecule has 3 aromatic carbocycles. The number of imide groups is 2. The smallest absolute Gasteiger partial charge is 0.262 e. The van der Waals surface area contributed by atoms with Gasteiger partial charge in [0.25, 0.3) is 17.7 Å². The number of nitrogens with one attached hydrogen (secondary N) is 2. The van der Waals surface area contributed by atoms with E-state index in [1.807, 2.05) is 43.6 Å². The molecule has 3 fully saturated rings. The van der Waals surface area contributed by atoms with Gasteiger partial charge in [0.15, 0.2) is 0 Å². The Kier molecular flexibility index (Phi) is 9.99. The molecule has 0 aromatic heterocycles. The highest BCUT2D eigenvalue weighted by atomic mass is 35.5. The van der Waals surface area contributed by atoms with Gasteiger partial charge in [-0.1, -0.05) is 39.3 Å². The first-order chi connectivity index (χ1) is 28.0. The second-order valence-corrected chi connectivity index (χ2v) is 17.5. The molecule has 2 saturated heterocycles. The minimum absolute atomic E-state index is 0.0441. The van der Waals surface area contributed by atoms with Gasteiger partial charge in [0.2, 0.25) is 17.7 Å². The maximum Gasteiger partial charge on any atom is 0.262 e. The molecule has 0 spiro atoms. The zero-order chi connectivity index (χ0) is 42.1. The van der Waals surface area contributed by atoms with Gasteiger partial charge in [0.05, 0.1) is 33.8 Å². The maximum atomic E-state index is 15.6. The van der Waals surface area contributed by atoms with Gasteiger partial charge in [-0.2, -0.15) is 5.26 Å². The molecular weight excluding hydrogens is 781 g/mol. The summed E-state index contributed by atoms with van der Waals surface area (Å²) in [5.41, 5.74) is 1.93. The van der Waals surface area contributed by atoms with Crippen LogP contribution in [0.25, 0.3) is 0 Å². The minimum atomic E-state index is -1.03. The van der Waals surface area contributed by atoms with Crippen molar-refractivity contribution in [2.45, 2.75) is 71.8 Å². The molecule has 1 aliphatic carbocycles. The Balaban J connectivity index is 0.831. The van der Waals surface area contributed by atoms with E-state index in [-0.39, 0.29) is 54.1 Å². The standard InChI is InChI=1S/C43H43ClFN7O7/c1-42(2)40(43(3,4)41(42)59-27-7-5-23(19-46)31(44)18-27)48-36(55)28-8-6-26(17-32(28)45)50-11-13-51(14-12-50)35(54)22-49-20-24-15-29-30(16-25(24)21-49)39(58)52(38(29)57)33-9-10-34(53)47-37(33)56/h5-8,15-18,33,40-41H,9-14,20-22H2,1-4H3,(H,48,55)(H,47,53,56). The van der Waals surface area contributed by atoms with E-state index >= 15 is 4.39 Å². The quantitative estimate of drug-likeness (QED) is 0.316. The molecule has 306 valence electrons. The lowest BCUT2D eigenvalue weighted by molar-refractivity contribution is -0.164. The molecule has 2 N–H and O–H groups in total. The predicted molar refractivity (Wildman–Crippen MR) is 212 cm³/mol. The van der Waals surface area contributed by atoms with Crippen molar-refractivity contribution < 1.29 is 37.9 Å². The van der Waals surface area contributed by atoms with Gasteiger partial charge in [0, 0.05) is 74.3 Å². The number of piperidine rings is 1. The topological polar surface area (TPSA) is 172 Å². The molecule has 5 aliphatic rings. The van der Waals surface area contributed by atoms with Gasteiger partial charge in [-0.3, -0.25) is 43.9 Å². The third kappa shape index (κ3) is 6.97. The molecule has 14 nitrogen and oxygen atoms in total. The molecule has 59 heavy (non-hydrogen) atoms.